The van der Waals surface area contributed by atoms with Gasteiger partial charge in [0.1, 0.15) is 24.9 Å². The first kappa shape index (κ1) is 39.4. The Morgan fingerprint density at radius 1 is 0.941 bits per heavy atom. The highest BCUT2D eigenvalue weighted by atomic mass is 28.3. The molecule has 3 aromatic rings. The van der Waals surface area contributed by atoms with E-state index >= 15 is 0 Å². The first-order chi connectivity index (χ1) is 24.0. The van der Waals surface area contributed by atoms with Crippen LogP contribution in [0.5, 0.6) is 0 Å². The third kappa shape index (κ3) is 10.9. The molecule has 2 bridgehead atoms. The van der Waals surface area contributed by atoms with Gasteiger partial charge in [0.25, 0.3) is 0 Å². The summed E-state index contributed by atoms with van der Waals surface area (Å²) in [6.45, 7) is 24.5. The Labute approximate surface area is 308 Å². The van der Waals surface area contributed by atoms with Gasteiger partial charge in [-0.15, -0.1) is 0 Å². The Balaban J connectivity index is 1.51. The summed E-state index contributed by atoms with van der Waals surface area (Å²) in [5, 5.41) is 4.94. The molecule has 3 atom stereocenters. The van der Waals surface area contributed by atoms with Crippen LogP contribution in [0.15, 0.2) is 30.6 Å². The molecule has 51 heavy (non-hydrogen) atoms. The molecule has 12 heteroatoms. The topological polar surface area (TPSA) is 94.3 Å². The van der Waals surface area contributed by atoms with Crippen LogP contribution in [-0.2, 0) is 20.6 Å². The van der Waals surface area contributed by atoms with E-state index in [9.17, 15) is 4.79 Å². The van der Waals surface area contributed by atoms with E-state index in [1.165, 1.54) is 0 Å². The molecular formula is C39H64N6O4Si2. The Morgan fingerprint density at radius 2 is 1.57 bits per heavy atom. The highest BCUT2D eigenvalue weighted by Gasteiger charge is 2.45. The minimum absolute atomic E-state index is 0.139. The van der Waals surface area contributed by atoms with Crippen LogP contribution in [0, 0.1) is 0 Å². The maximum absolute atomic E-state index is 13.3. The molecule has 2 saturated heterocycles. The van der Waals surface area contributed by atoms with Crippen LogP contribution in [0.25, 0.3) is 16.8 Å². The van der Waals surface area contributed by atoms with E-state index in [4.69, 9.17) is 29.3 Å². The Kier molecular flexibility index (Phi) is 12.7. The maximum Gasteiger partial charge on any atom is 0.410 e. The lowest BCUT2D eigenvalue weighted by atomic mass is 9.88. The Morgan fingerprint density at radius 3 is 2.10 bits per heavy atom. The zero-order valence-electron chi connectivity index (χ0n) is 33.1. The molecular weight excluding hydrogens is 673 g/mol. The normalized spacial score (nSPS) is 19.6. The second-order valence-corrected chi connectivity index (χ2v) is 29.4. The predicted octanol–water partition coefficient (Wildman–Crippen LogP) is 9.21. The number of hydrogen-bond acceptors (Lipinski definition) is 8. The van der Waals surface area contributed by atoms with Crippen molar-refractivity contribution in [1.29, 1.82) is 0 Å². The number of carbonyl (C=O) groups is 1. The van der Waals surface area contributed by atoms with Gasteiger partial charge in [-0.3, -0.25) is 4.98 Å². The average molecular weight is 737 g/mol. The highest BCUT2D eigenvalue weighted by Crippen LogP contribution is 2.44. The first-order valence-corrected chi connectivity index (χ1v) is 26.7. The third-order valence-electron chi connectivity index (χ3n) is 9.96. The second-order valence-electron chi connectivity index (χ2n) is 18.2. The van der Waals surface area contributed by atoms with E-state index in [-0.39, 0.29) is 24.1 Å². The highest BCUT2D eigenvalue weighted by molar-refractivity contribution is 6.76. The molecule has 1 amide bonds. The van der Waals surface area contributed by atoms with Gasteiger partial charge in [0.05, 0.1) is 6.20 Å². The number of aromatic nitrogens is 4. The number of hydrogen-bond donors (Lipinski definition) is 0. The van der Waals surface area contributed by atoms with Crippen molar-refractivity contribution in [2.45, 2.75) is 148 Å². The van der Waals surface area contributed by atoms with E-state index in [2.05, 4.69) is 69.3 Å². The van der Waals surface area contributed by atoms with Crippen molar-refractivity contribution >= 4 is 33.7 Å². The van der Waals surface area contributed by atoms with E-state index in [1.54, 1.807) is 0 Å². The summed E-state index contributed by atoms with van der Waals surface area (Å²) in [6.07, 6.45) is 10.6. The molecule has 5 rings (SSSR count). The summed E-state index contributed by atoms with van der Waals surface area (Å²) >= 11 is 0. The lowest BCUT2D eigenvalue weighted by molar-refractivity contribution is 0.00569. The summed E-state index contributed by atoms with van der Waals surface area (Å²) in [5.74, 6) is 1.11. The zero-order valence-corrected chi connectivity index (χ0v) is 35.1. The Hall–Kier alpha value is -2.81. The summed E-state index contributed by atoms with van der Waals surface area (Å²) in [6, 6.07) is 8.96. The number of carbonyl (C=O) groups excluding carboxylic acids is 1. The number of amides is 1. The molecule has 0 aliphatic carbocycles. The van der Waals surface area contributed by atoms with Crippen molar-refractivity contribution in [3.8, 4) is 11.1 Å². The number of fused-ring (bicyclic) bond motifs is 3. The van der Waals surface area contributed by atoms with Gasteiger partial charge in [-0.05, 0) is 77.5 Å². The van der Waals surface area contributed by atoms with Crippen LogP contribution < -0.4 is 4.90 Å². The molecule has 0 radical (unpaired) electrons. The van der Waals surface area contributed by atoms with Crippen LogP contribution >= 0.6 is 0 Å². The molecule has 0 saturated carbocycles. The fourth-order valence-corrected chi connectivity index (χ4v) is 8.51. The number of nitrogens with zero attached hydrogens (tertiary/aromatic N) is 6. The fourth-order valence-electron chi connectivity index (χ4n) is 7.00. The molecule has 2 aliphatic rings. The number of rotatable bonds is 16. The largest absolute Gasteiger partial charge is 0.444 e. The number of pyridine rings is 1. The van der Waals surface area contributed by atoms with Crippen molar-refractivity contribution in [3.05, 3.63) is 42.0 Å². The van der Waals surface area contributed by atoms with Crippen LogP contribution in [0.2, 0.25) is 51.4 Å². The van der Waals surface area contributed by atoms with Crippen molar-refractivity contribution in [2.75, 3.05) is 31.6 Å². The molecule has 0 aromatic carbocycles. The van der Waals surface area contributed by atoms with E-state index in [0.717, 1.165) is 104 Å². The standard InChI is InChI=1S/C39H64N6O4Si2/c1-11-12-13-31-15-14-29(25-40-31)34-26-41-45-36(43(27-47-18-20-50(5,6)7)28-48-19-21-51(8,9)10)24-35(42-37(34)45)30-22-32-16-17-33(23-30)44(32)38(46)49-39(2,3)4/h14-15,24-26,30,32-33H,11-13,16-23,27-28H2,1-10H3/t30-,32-,33+. The van der Waals surface area contributed by atoms with Gasteiger partial charge in [-0.25, -0.2) is 9.78 Å². The lowest BCUT2D eigenvalue weighted by Gasteiger charge is -2.39. The van der Waals surface area contributed by atoms with E-state index in [1.807, 2.05) is 42.6 Å². The summed E-state index contributed by atoms with van der Waals surface area (Å²) in [7, 11) is -2.51. The fraction of sp³-hybridized carbons (Fsp3) is 0.692. The quantitative estimate of drug-likeness (QED) is 0.0817. The molecule has 0 spiro atoms. The Bertz CT molecular complexity index is 1560. The molecule has 0 unspecified atom stereocenters. The summed E-state index contributed by atoms with van der Waals surface area (Å²) in [5.41, 5.74) is 4.39. The predicted molar refractivity (Wildman–Crippen MR) is 212 cm³/mol. The summed E-state index contributed by atoms with van der Waals surface area (Å²) < 4.78 is 20.6. The molecule has 282 valence electrons. The molecule has 2 aliphatic heterocycles. The van der Waals surface area contributed by atoms with Gasteiger partial charge in [0, 0.05) is 82.1 Å². The van der Waals surface area contributed by atoms with E-state index < -0.39 is 21.7 Å². The minimum atomic E-state index is -1.26. The number of anilines is 1. The van der Waals surface area contributed by atoms with Gasteiger partial charge >= 0.3 is 6.09 Å². The third-order valence-corrected chi connectivity index (χ3v) is 13.4. The van der Waals surface area contributed by atoms with Gasteiger partial charge in [-0.1, -0.05) is 58.7 Å². The first-order valence-electron chi connectivity index (χ1n) is 19.3. The molecule has 0 N–H and O–H groups in total. The van der Waals surface area contributed by atoms with Gasteiger partial charge < -0.3 is 24.0 Å². The molecule has 5 heterocycles. The van der Waals surface area contributed by atoms with Crippen molar-refractivity contribution in [1.82, 2.24) is 24.5 Å². The second kappa shape index (κ2) is 16.5. The molecule has 10 nitrogen and oxygen atoms in total. The minimum Gasteiger partial charge on any atom is -0.444 e. The van der Waals surface area contributed by atoms with Crippen LogP contribution in [0.1, 0.15) is 83.5 Å². The number of ether oxygens (including phenoxy) is 3. The maximum atomic E-state index is 13.3. The van der Waals surface area contributed by atoms with Crippen LogP contribution in [0.3, 0.4) is 0 Å². The van der Waals surface area contributed by atoms with Gasteiger partial charge in [0.15, 0.2) is 5.65 Å². The average Bonchev–Trinajstić information content (AvgIpc) is 3.59. The van der Waals surface area contributed by atoms with Crippen LogP contribution in [-0.4, -0.2) is 91.1 Å². The monoisotopic (exact) mass is 736 g/mol. The molecule has 2 fully saturated rings. The van der Waals surface area contributed by atoms with Crippen molar-refractivity contribution in [2.24, 2.45) is 0 Å². The van der Waals surface area contributed by atoms with Gasteiger partial charge in [0.2, 0.25) is 0 Å². The van der Waals surface area contributed by atoms with E-state index in [0.29, 0.717) is 13.5 Å². The zero-order chi connectivity index (χ0) is 37.0. The molecule has 3 aromatic heterocycles. The summed E-state index contributed by atoms with van der Waals surface area (Å²) in [4.78, 5) is 27.7. The number of unbranched alkanes of at least 4 members (excludes halogenated alkanes) is 1. The van der Waals surface area contributed by atoms with Crippen molar-refractivity contribution < 1.29 is 19.0 Å². The SMILES string of the molecule is CCCCc1ccc(-c2cnn3c(N(COCC[Si](C)(C)C)COCC[Si](C)(C)C)cc([C@@H]4C[C@H]5CC[C@@H](C4)N5C(=O)OC(C)(C)C)nc23)cn1. The van der Waals surface area contributed by atoms with Crippen molar-refractivity contribution in [3.63, 3.8) is 0 Å². The smallest absolute Gasteiger partial charge is 0.410 e. The van der Waals surface area contributed by atoms with Gasteiger partial charge in [-0.2, -0.15) is 9.61 Å². The van der Waals surface area contributed by atoms with Crippen LogP contribution in [0.4, 0.5) is 10.6 Å². The lowest BCUT2D eigenvalue weighted by Crippen LogP contribution is -2.48. The number of piperidine rings is 1. The number of aryl methyl sites for hydroxylation is 1.